The van der Waals surface area contributed by atoms with Gasteiger partial charge in [0.2, 0.25) is 0 Å². The first-order chi connectivity index (χ1) is 11.8. The van der Waals surface area contributed by atoms with Crippen molar-refractivity contribution in [3.8, 4) is 0 Å². The number of halogens is 1. The summed E-state index contributed by atoms with van der Waals surface area (Å²) < 4.78 is 0.669. The van der Waals surface area contributed by atoms with Crippen molar-refractivity contribution in [2.45, 2.75) is 71.8 Å². The first-order valence-electron chi connectivity index (χ1n) is 10.3. The molecule has 0 unspecified atom stereocenters. The third-order valence-corrected chi connectivity index (χ3v) is 9.65. The van der Waals surface area contributed by atoms with Gasteiger partial charge in [-0.2, -0.15) is 0 Å². The maximum Gasteiger partial charge on any atom is 0.146 e. The molecule has 0 radical (unpaired) electrons. The summed E-state index contributed by atoms with van der Waals surface area (Å²) in [6.07, 6.45) is 10.3. The Hall–Kier alpha value is 0.100. The van der Waals surface area contributed by atoms with E-state index in [2.05, 4.69) is 49.4 Å². The topological polar surface area (TPSA) is 37.3 Å². The van der Waals surface area contributed by atoms with Crippen LogP contribution >= 0.6 is 22.6 Å². The Morgan fingerprint density at radius 2 is 2.04 bits per heavy atom. The van der Waals surface area contributed by atoms with Gasteiger partial charge in [-0.3, -0.25) is 4.79 Å². The van der Waals surface area contributed by atoms with Gasteiger partial charge in [0.25, 0.3) is 0 Å². The van der Waals surface area contributed by atoms with Gasteiger partial charge in [-0.15, -0.1) is 0 Å². The highest BCUT2D eigenvalue weighted by Crippen LogP contribution is 2.67. The summed E-state index contributed by atoms with van der Waals surface area (Å²) in [5.41, 5.74) is 2.07. The Morgan fingerprint density at radius 1 is 1.28 bits per heavy atom. The highest BCUT2D eigenvalue weighted by Gasteiger charge is 2.61. The fourth-order valence-electron chi connectivity index (χ4n) is 7.77. The molecule has 0 bridgehead atoms. The lowest BCUT2D eigenvalue weighted by Gasteiger charge is -2.57. The molecule has 4 rings (SSSR count). The highest BCUT2D eigenvalue weighted by atomic mass is 127. The zero-order valence-corrected chi connectivity index (χ0v) is 18.1. The lowest BCUT2D eigenvalue weighted by atomic mass is 9.47. The third-order valence-electron chi connectivity index (χ3n) is 8.90. The summed E-state index contributed by atoms with van der Waals surface area (Å²) in [5.74, 6) is 3.54. The molecule has 0 saturated heterocycles. The summed E-state index contributed by atoms with van der Waals surface area (Å²) in [5, 5.41) is 10.1. The van der Waals surface area contributed by atoms with Gasteiger partial charge in [0.15, 0.2) is 0 Å². The first-order valence-corrected chi connectivity index (χ1v) is 11.8. The van der Waals surface area contributed by atoms with Crippen LogP contribution in [0.15, 0.2) is 11.6 Å². The van der Waals surface area contributed by atoms with Gasteiger partial charge in [-0.25, -0.2) is 0 Å². The second kappa shape index (κ2) is 6.32. The van der Waals surface area contributed by atoms with Gasteiger partial charge in [0.05, 0.1) is 10.5 Å². The Kier molecular flexibility index (Phi) is 4.67. The summed E-state index contributed by atoms with van der Waals surface area (Å²) >= 11 is 2.27. The molecule has 0 heterocycles. The lowest BCUT2D eigenvalue weighted by Crippen LogP contribution is -2.51. The number of ketones is 1. The predicted molar refractivity (Wildman–Crippen MR) is 110 cm³/mol. The number of hydrogen-bond acceptors (Lipinski definition) is 2. The number of carbonyl (C=O) groups excluding carboxylic acids is 1. The molecule has 4 aliphatic carbocycles. The van der Waals surface area contributed by atoms with Crippen LogP contribution in [-0.4, -0.2) is 21.4 Å². The minimum Gasteiger partial charge on any atom is -0.393 e. The summed E-state index contributed by atoms with van der Waals surface area (Å²) in [4.78, 5) is 12.7. The zero-order chi connectivity index (χ0) is 18.0. The SMILES string of the molecule is C[C@@H]1C[C@H]2[C@@H]3CC=C4C[C@@H](O)CC[C@]4(C)[C@H]3CC[C@]2(C)[C@H]1C(=O)CI. The van der Waals surface area contributed by atoms with Crippen LogP contribution in [0.25, 0.3) is 0 Å². The van der Waals surface area contributed by atoms with Crippen LogP contribution in [0.2, 0.25) is 0 Å². The molecular formula is C22H33IO2. The molecule has 8 atom stereocenters. The van der Waals surface area contributed by atoms with Crippen LogP contribution in [0.4, 0.5) is 0 Å². The molecule has 140 valence electrons. The normalized spacial score (nSPS) is 52.0. The Bertz CT molecular complexity index is 599. The lowest BCUT2D eigenvalue weighted by molar-refractivity contribution is -0.128. The second-order valence-electron chi connectivity index (χ2n) is 9.99. The van der Waals surface area contributed by atoms with E-state index in [0.717, 1.165) is 31.1 Å². The smallest absolute Gasteiger partial charge is 0.146 e. The van der Waals surface area contributed by atoms with Gasteiger partial charge >= 0.3 is 0 Å². The molecule has 1 N–H and O–H groups in total. The summed E-state index contributed by atoms with van der Waals surface area (Å²) in [7, 11) is 0. The minimum atomic E-state index is -0.123. The molecule has 3 heteroatoms. The maximum atomic E-state index is 12.7. The average Bonchev–Trinajstić information content (AvgIpc) is 2.85. The van der Waals surface area contributed by atoms with Crippen LogP contribution in [0.3, 0.4) is 0 Å². The molecule has 0 aromatic carbocycles. The molecule has 0 aromatic heterocycles. The number of fused-ring (bicyclic) bond motifs is 5. The minimum absolute atomic E-state index is 0.123. The number of aliphatic hydroxyl groups is 1. The Morgan fingerprint density at radius 3 is 2.76 bits per heavy atom. The maximum absolute atomic E-state index is 12.7. The number of allylic oxidation sites excluding steroid dienone is 1. The van der Waals surface area contributed by atoms with Crippen LogP contribution in [0.5, 0.6) is 0 Å². The molecule has 0 aliphatic heterocycles. The van der Waals surface area contributed by atoms with E-state index in [4.69, 9.17) is 0 Å². The van der Waals surface area contributed by atoms with E-state index in [9.17, 15) is 9.90 Å². The fraction of sp³-hybridized carbons (Fsp3) is 0.864. The third kappa shape index (κ3) is 2.61. The van der Waals surface area contributed by atoms with Gasteiger partial charge < -0.3 is 5.11 Å². The first kappa shape index (κ1) is 18.5. The predicted octanol–water partition coefficient (Wildman–Crippen LogP) is 5.18. The molecule has 3 saturated carbocycles. The van der Waals surface area contributed by atoms with Crippen molar-refractivity contribution in [1.82, 2.24) is 0 Å². The highest BCUT2D eigenvalue weighted by molar-refractivity contribution is 14.1. The second-order valence-corrected chi connectivity index (χ2v) is 10.8. The van der Waals surface area contributed by atoms with E-state index in [1.807, 2.05) is 0 Å². The zero-order valence-electron chi connectivity index (χ0n) is 15.9. The fourth-order valence-corrected chi connectivity index (χ4v) is 8.25. The van der Waals surface area contributed by atoms with Crippen molar-refractivity contribution in [2.24, 2.45) is 40.4 Å². The van der Waals surface area contributed by atoms with Crippen LogP contribution < -0.4 is 0 Å². The standard InChI is InChI=1S/C22H33IO2/c1-13-10-18-16-5-4-14-11-15(24)6-8-21(14,2)17(16)7-9-22(18,3)20(13)19(25)12-23/h4,13,15-18,20,24H,5-12H2,1-3H3/t13-,15+,16-,17+,18+,20-,21+,22+/m1/s1. The number of Topliss-reactive ketones (excluding diaryl/α,β-unsaturated/α-hetero) is 1. The van der Waals surface area contributed by atoms with Crippen molar-refractivity contribution in [2.75, 3.05) is 4.43 Å². The molecule has 0 spiro atoms. The van der Waals surface area contributed by atoms with Crippen molar-refractivity contribution < 1.29 is 9.90 Å². The number of aliphatic hydroxyl groups excluding tert-OH is 1. The van der Waals surface area contributed by atoms with E-state index in [0.29, 0.717) is 27.5 Å². The molecule has 2 nitrogen and oxygen atoms in total. The number of alkyl halides is 1. The van der Waals surface area contributed by atoms with E-state index in [1.54, 1.807) is 5.57 Å². The molecule has 4 aliphatic rings. The Labute approximate surface area is 166 Å². The van der Waals surface area contributed by atoms with Crippen molar-refractivity contribution in [1.29, 1.82) is 0 Å². The van der Waals surface area contributed by atoms with E-state index < -0.39 is 0 Å². The summed E-state index contributed by atoms with van der Waals surface area (Å²) in [6.45, 7) is 7.25. The average molecular weight is 456 g/mol. The van der Waals surface area contributed by atoms with Gasteiger partial charge in [0, 0.05) is 5.92 Å². The molecule has 3 fully saturated rings. The molecule has 0 aromatic rings. The van der Waals surface area contributed by atoms with Crippen molar-refractivity contribution in [3.63, 3.8) is 0 Å². The van der Waals surface area contributed by atoms with Crippen LogP contribution in [-0.2, 0) is 4.79 Å². The van der Waals surface area contributed by atoms with Gasteiger partial charge in [-0.05, 0) is 79.4 Å². The van der Waals surface area contributed by atoms with E-state index >= 15 is 0 Å². The molecular weight excluding hydrogens is 423 g/mol. The van der Waals surface area contributed by atoms with E-state index in [1.165, 1.54) is 25.7 Å². The monoisotopic (exact) mass is 456 g/mol. The van der Waals surface area contributed by atoms with Gasteiger partial charge in [-0.1, -0.05) is 55.0 Å². The number of rotatable bonds is 2. The molecule has 0 amide bonds. The Balaban J connectivity index is 1.67. The largest absolute Gasteiger partial charge is 0.393 e. The summed E-state index contributed by atoms with van der Waals surface area (Å²) in [6, 6.07) is 0. The molecule has 25 heavy (non-hydrogen) atoms. The van der Waals surface area contributed by atoms with Gasteiger partial charge in [0.1, 0.15) is 5.78 Å². The van der Waals surface area contributed by atoms with Crippen molar-refractivity contribution in [3.05, 3.63) is 11.6 Å². The number of carbonyl (C=O) groups is 1. The quantitative estimate of drug-likeness (QED) is 0.353. The number of hydrogen-bond donors (Lipinski definition) is 1. The van der Waals surface area contributed by atoms with Crippen molar-refractivity contribution >= 4 is 28.4 Å². The van der Waals surface area contributed by atoms with Crippen LogP contribution in [0.1, 0.15) is 65.7 Å². The van der Waals surface area contributed by atoms with E-state index in [-0.39, 0.29) is 17.4 Å². The van der Waals surface area contributed by atoms with Crippen LogP contribution in [0, 0.1) is 40.4 Å².